The highest BCUT2D eigenvalue weighted by atomic mass is 32.1. The first kappa shape index (κ1) is 15.4. The molecule has 1 atom stereocenters. The van der Waals surface area contributed by atoms with Crippen molar-refractivity contribution in [1.29, 1.82) is 0 Å². The Morgan fingerprint density at radius 3 is 2.62 bits per heavy atom. The Labute approximate surface area is 125 Å². The zero-order valence-corrected chi connectivity index (χ0v) is 12.5. The summed E-state index contributed by atoms with van der Waals surface area (Å²) < 4.78 is 27.8. The van der Waals surface area contributed by atoms with Gasteiger partial charge in [-0.25, -0.2) is 13.6 Å². The summed E-state index contributed by atoms with van der Waals surface area (Å²) in [5, 5.41) is 10.7. The molecule has 1 aromatic heterocycles. The molecule has 2 aromatic rings. The monoisotopic (exact) mass is 311 g/mol. The van der Waals surface area contributed by atoms with Crippen molar-refractivity contribution in [1.82, 2.24) is 0 Å². The Hall–Kier alpha value is -1.95. The number of aromatic carboxylic acids is 1. The number of hydrogen-bond donors (Lipinski definition) is 1. The van der Waals surface area contributed by atoms with Crippen molar-refractivity contribution in [3.05, 3.63) is 51.7 Å². The summed E-state index contributed by atoms with van der Waals surface area (Å²) >= 11 is 1.61. The van der Waals surface area contributed by atoms with E-state index >= 15 is 0 Å². The van der Waals surface area contributed by atoms with Gasteiger partial charge in [-0.05, 0) is 30.5 Å². The predicted molar refractivity (Wildman–Crippen MR) is 79.2 cm³/mol. The van der Waals surface area contributed by atoms with E-state index in [0.29, 0.717) is 6.42 Å². The van der Waals surface area contributed by atoms with Gasteiger partial charge in [0, 0.05) is 24.4 Å². The van der Waals surface area contributed by atoms with Crippen LogP contribution in [0.4, 0.5) is 14.5 Å². The molecule has 112 valence electrons. The van der Waals surface area contributed by atoms with Crippen LogP contribution in [0.25, 0.3) is 0 Å². The average Bonchev–Trinajstić information content (AvgIpc) is 2.93. The summed E-state index contributed by atoms with van der Waals surface area (Å²) in [6.07, 6.45) is 0.704. The minimum atomic E-state index is -1.48. The van der Waals surface area contributed by atoms with Gasteiger partial charge in [0.25, 0.3) is 0 Å². The molecule has 0 aliphatic heterocycles. The van der Waals surface area contributed by atoms with Crippen LogP contribution < -0.4 is 4.90 Å². The Morgan fingerprint density at radius 1 is 1.33 bits per heavy atom. The smallest absolute Gasteiger partial charge is 0.338 e. The summed E-state index contributed by atoms with van der Waals surface area (Å²) in [6, 6.07) is 6.26. The van der Waals surface area contributed by atoms with Gasteiger partial charge in [0.15, 0.2) is 11.6 Å². The minimum absolute atomic E-state index is 0.0479. The molecule has 3 nitrogen and oxygen atoms in total. The molecule has 0 aliphatic rings. The number of thiophene rings is 1. The van der Waals surface area contributed by atoms with E-state index in [1.54, 1.807) is 23.3 Å². The van der Waals surface area contributed by atoms with Crippen LogP contribution in [-0.2, 0) is 6.42 Å². The molecule has 0 saturated heterocycles. The number of anilines is 1. The quantitative estimate of drug-likeness (QED) is 0.913. The molecule has 1 aromatic carbocycles. The van der Waals surface area contributed by atoms with E-state index in [-0.39, 0.29) is 11.7 Å². The van der Waals surface area contributed by atoms with E-state index in [9.17, 15) is 13.6 Å². The van der Waals surface area contributed by atoms with Gasteiger partial charge in [0.05, 0.1) is 11.3 Å². The van der Waals surface area contributed by atoms with Gasteiger partial charge in [-0.1, -0.05) is 6.07 Å². The first-order valence-electron chi connectivity index (χ1n) is 6.38. The number of likely N-dealkylation sites (N-methyl/N-ethyl adjacent to an activating group) is 1. The van der Waals surface area contributed by atoms with E-state index in [2.05, 4.69) is 0 Å². The molecule has 0 bridgehead atoms. The molecule has 21 heavy (non-hydrogen) atoms. The molecule has 0 spiro atoms. The van der Waals surface area contributed by atoms with Gasteiger partial charge in [-0.2, -0.15) is 0 Å². The van der Waals surface area contributed by atoms with Crippen LogP contribution in [0.2, 0.25) is 0 Å². The fraction of sp³-hybridized carbons (Fsp3) is 0.267. The topological polar surface area (TPSA) is 40.5 Å². The molecule has 0 amide bonds. The van der Waals surface area contributed by atoms with E-state index in [1.807, 2.05) is 24.4 Å². The molecule has 2 rings (SSSR count). The second kappa shape index (κ2) is 6.22. The maximum atomic E-state index is 14.0. The lowest BCUT2D eigenvalue weighted by atomic mass is 10.1. The number of nitrogens with zero attached hydrogens (tertiary/aromatic N) is 1. The largest absolute Gasteiger partial charge is 0.478 e. The molecule has 0 radical (unpaired) electrons. The molecule has 6 heteroatoms. The second-order valence-electron chi connectivity index (χ2n) is 4.81. The Kier molecular flexibility index (Phi) is 4.57. The molecule has 0 aliphatic carbocycles. The van der Waals surface area contributed by atoms with E-state index in [0.717, 1.165) is 10.9 Å². The van der Waals surface area contributed by atoms with Gasteiger partial charge in [-0.15, -0.1) is 11.3 Å². The summed E-state index contributed by atoms with van der Waals surface area (Å²) in [7, 11) is 1.66. The van der Waals surface area contributed by atoms with Crippen molar-refractivity contribution in [3.8, 4) is 0 Å². The van der Waals surface area contributed by atoms with Crippen LogP contribution in [0.1, 0.15) is 22.2 Å². The van der Waals surface area contributed by atoms with Crippen LogP contribution >= 0.6 is 11.3 Å². The number of carbonyl (C=O) groups is 1. The molecule has 0 fully saturated rings. The molecular formula is C15H15F2NO2S. The van der Waals surface area contributed by atoms with Gasteiger partial charge < -0.3 is 10.0 Å². The van der Waals surface area contributed by atoms with Crippen LogP contribution in [-0.4, -0.2) is 24.2 Å². The molecule has 0 saturated carbocycles. The maximum Gasteiger partial charge on any atom is 0.338 e. The lowest BCUT2D eigenvalue weighted by molar-refractivity contribution is 0.0690. The maximum absolute atomic E-state index is 14.0. The van der Waals surface area contributed by atoms with Gasteiger partial charge in [0.2, 0.25) is 0 Å². The summed E-state index contributed by atoms with van der Waals surface area (Å²) in [5.74, 6) is -3.93. The standard InChI is InChI=1S/C15H15F2NO2S/c1-9(8-10-4-3-7-21-10)18(2)12-6-5-11(15(19)20)13(16)14(12)17/h3-7,9H,8H2,1-2H3,(H,19,20). The van der Waals surface area contributed by atoms with Crippen molar-refractivity contribution < 1.29 is 18.7 Å². The highest BCUT2D eigenvalue weighted by Crippen LogP contribution is 2.26. The fourth-order valence-corrected chi connectivity index (χ4v) is 2.90. The van der Waals surface area contributed by atoms with Gasteiger partial charge in [0.1, 0.15) is 0 Å². The Morgan fingerprint density at radius 2 is 2.05 bits per heavy atom. The van der Waals surface area contributed by atoms with Crippen LogP contribution in [0, 0.1) is 11.6 Å². The van der Waals surface area contributed by atoms with Crippen molar-refractivity contribution in [3.63, 3.8) is 0 Å². The minimum Gasteiger partial charge on any atom is -0.478 e. The third-order valence-electron chi connectivity index (χ3n) is 3.41. The van der Waals surface area contributed by atoms with Crippen LogP contribution in [0.3, 0.4) is 0 Å². The number of hydrogen-bond acceptors (Lipinski definition) is 3. The second-order valence-corrected chi connectivity index (χ2v) is 5.84. The normalized spacial score (nSPS) is 12.2. The predicted octanol–water partition coefficient (Wildman–Crippen LogP) is 3.79. The highest BCUT2D eigenvalue weighted by molar-refractivity contribution is 7.09. The molecule has 1 heterocycles. The van der Waals surface area contributed by atoms with Crippen molar-refractivity contribution in [2.45, 2.75) is 19.4 Å². The number of benzene rings is 1. The van der Waals surface area contributed by atoms with E-state index in [4.69, 9.17) is 5.11 Å². The number of rotatable bonds is 5. The zero-order chi connectivity index (χ0) is 15.6. The first-order valence-corrected chi connectivity index (χ1v) is 7.26. The van der Waals surface area contributed by atoms with Crippen molar-refractivity contribution >= 4 is 23.0 Å². The Balaban J connectivity index is 2.24. The summed E-state index contributed by atoms with van der Waals surface area (Å²) in [4.78, 5) is 13.5. The van der Waals surface area contributed by atoms with Crippen molar-refractivity contribution in [2.24, 2.45) is 0 Å². The van der Waals surface area contributed by atoms with Gasteiger partial charge in [-0.3, -0.25) is 0 Å². The number of halogens is 2. The SMILES string of the molecule is CC(Cc1cccs1)N(C)c1ccc(C(=O)O)c(F)c1F. The van der Waals surface area contributed by atoms with E-state index in [1.165, 1.54) is 6.07 Å². The lowest BCUT2D eigenvalue weighted by Gasteiger charge is -2.27. The molecular weight excluding hydrogens is 296 g/mol. The first-order chi connectivity index (χ1) is 9.91. The summed E-state index contributed by atoms with van der Waals surface area (Å²) in [5.41, 5.74) is -0.600. The fourth-order valence-electron chi connectivity index (χ4n) is 2.07. The van der Waals surface area contributed by atoms with Gasteiger partial charge >= 0.3 is 5.97 Å². The molecule has 1 unspecified atom stereocenters. The lowest BCUT2D eigenvalue weighted by Crippen LogP contribution is -2.31. The highest BCUT2D eigenvalue weighted by Gasteiger charge is 2.22. The van der Waals surface area contributed by atoms with E-state index < -0.39 is 23.2 Å². The van der Waals surface area contributed by atoms with Crippen LogP contribution in [0.5, 0.6) is 0 Å². The Bertz CT molecular complexity index is 643. The number of carboxylic acids is 1. The third-order valence-corrected chi connectivity index (χ3v) is 4.31. The average molecular weight is 311 g/mol. The third kappa shape index (κ3) is 3.21. The van der Waals surface area contributed by atoms with Crippen molar-refractivity contribution in [2.75, 3.05) is 11.9 Å². The summed E-state index contributed by atoms with van der Waals surface area (Å²) in [6.45, 7) is 1.90. The zero-order valence-electron chi connectivity index (χ0n) is 11.6. The number of carboxylic acid groups (broad SMARTS) is 1. The van der Waals surface area contributed by atoms with Crippen LogP contribution in [0.15, 0.2) is 29.6 Å². The molecule has 1 N–H and O–H groups in total.